The van der Waals surface area contributed by atoms with E-state index in [9.17, 15) is 4.79 Å². The number of thioether (sulfide) groups is 1. The molecule has 140 valence electrons. The van der Waals surface area contributed by atoms with Crippen LogP contribution in [0, 0.1) is 6.92 Å². The van der Waals surface area contributed by atoms with Gasteiger partial charge < -0.3 is 15.1 Å². The average molecular weight is 365 g/mol. The zero-order valence-corrected chi connectivity index (χ0v) is 16.8. The summed E-state index contributed by atoms with van der Waals surface area (Å²) in [7, 11) is 4.03. The van der Waals surface area contributed by atoms with E-state index in [1.54, 1.807) is 16.7 Å². The monoisotopic (exact) mass is 364 g/mol. The van der Waals surface area contributed by atoms with Crippen LogP contribution in [0.4, 0.5) is 4.79 Å². The molecule has 2 rings (SSSR count). The summed E-state index contributed by atoms with van der Waals surface area (Å²) in [6.07, 6.45) is 0. The van der Waals surface area contributed by atoms with Crippen LogP contribution >= 0.6 is 11.8 Å². The molecule has 1 aliphatic rings. The molecule has 1 aromatic carbocycles. The normalized spacial score (nSPS) is 17.3. The maximum Gasteiger partial charge on any atom is 0.317 e. The van der Waals surface area contributed by atoms with Gasteiger partial charge >= 0.3 is 6.03 Å². The third-order valence-electron chi connectivity index (χ3n) is 4.77. The molecule has 1 unspecified atom stereocenters. The molecule has 1 N–H and O–H groups in total. The lowest BCUT2D eigenvalue weighted by molar-refractivity contribution is 0.117. The second-order valence-electron chi connectivity index (χ2n) is 6.96. The molecule has 1 aromatic rings. The van der Waals surface area contributed by atoms with Gasteiger partial charge in [-0.05, 0) is 33.0 Å². The highest BCUT2D eigenvalue weighted by molar-refractivity contribution is 7.99. The van der Waals surface area contributed by atoms with Crippen LogP contribution in [0.5, 0.6) is 0 Å². The first-order valence-electron chi connectivity index (χ1n) is 9.06. The Kier molecular flexibility index (Phi) is 8.06. The molecule has 0 aromatic heterocycles. The van der Waals surface area contributed by atoms with Crippen LogP contribution in [0.25, 0.3) is 0 Å². The summed E-state index contributed by atoms with van der Waals surface area (Å²) in [6, 6.07) is 8.92. The summed E-state index contributed by atoms with van der Waals surface area (Å²) in [5, 5.41) is 3.07. The summed E-state index contributed by atoms with van der Waals surface area (Å²) < 4.78 is 0. The Morgan fingerprint density at radius 2 is 1.88 bits per heavy atom. The summed E-state index contributed by atoms with van der Waals surface area (Å²) >= 11 is 1.79. The predicted molar refractivity (Wildman–Crippen MR) is 106 cm³/mol. The Hall–Kier alpha value is -1.24. The Labute approximate surface area is 156 Å². The van der Waals surface area contributed by atoms with E-state index in [0.29, 0.717) is 12.6 Å². The molecule has 1 heterocycles. The Morgan fingerprint density at radius 3 is 2.52 bits per heavy atom. The van der Waals surface area contributed by atoms with Gasteiger partial charge in [-0.3, -0.25) is 4.90 Å². The molecule has 0 aliphatic carbocycles. The molecule has 1 fully saturated rings. The number of carbonyl (C=O) groups is 1. The van der Waals surface area contributed by atoms with E-state index in [1.807, 2.05) is 7.05 Å². The molecule has 25 heavy (non-hydrogen) atoms. The van der Waals surface area contributed by atoms with Crippen LogP contribution in [0.1, 0.15) is 12.5 Å². The fraction of sp³-hybridized carbons (Fsp3) is 0.632. The minimum absolute atomic E-state index is 0.0190. The smallest absolute Gasteiger partial charge is 0.317 e. The van der Waals surface area contributed by atoms with Crippen LogP contribution in [0.2, 0.25) is 0 Å². The van der Waals surface area contributed by atoms with Gasteiger partial charge in [0.1, 0.15) is 0 Å². The summed E-state index contributed by atoms with van der Waals surface area (Å²) in [6.45, 7) is 10.1. The van der Waals surface area contributed by atoms with Gasteiger partial charge in [0, 0.05) is 63.0 Å². The van der Waals surface area contributed by atoms with E-state index < -0.39 is 0 Å². The fourth-order valence-corrected chi connectivity index (χ4v) is 3.73. The molecule has 0 saturated carbocycles. The average Bonchev–Trinajstić information content (AvgIpc) is 2.61. The van der Waals surface area contributed by atoms with Crippen molar-refractivity contribution in [3.05, 3.63) is 29.8 Å². The molecule has 2 amide bonds. The van der Waals surface area contributed by atoms with Crippen molar-refractivity contribution in [3.63, 3.8) is 0 Å². The van der Waals surface area contributed by atoms with Gasteiger partial charge in [0.2, 0.25) is 0 Å². The number of nitrogens with zero attached hydrogens (tertiary/aromatic N) is 3. The first kappa shape index (κ1) is 20.1. The zero-order valence-electron chi connectivity index (χ0n) is 16.0. The standard InChI is InChI=1S/C19H32N4OS/c1-16-5-7-18(8-6-16)25-14-13-22(4)19(24)20-15-17(2)23-11-9-21(3)10-12-23/h5-8,17H,9-15H2,1-4H3,(H,20,24). The number of amides is 2. The van der Waals surface area contributed by atoms with Gasteiger partial charge in [0.25, 0.3) is 0 Å². The highest BCUT2D eigenvalue weighted by Crippen LogP contribution is 2.18. The number of piperazine rings is 1. The quantitative estimate of drug-likeness (QED) is 0.754. The minimum Gasteiger partial charge on any atom is -0.336 e. The van der Waals surface area contributed by atoms with E-state index in [0.717, 1.165) is 38.5 Å². The molecule has 0 bridgehead atoms. The second kappa shape index (κ2) is 10.0. The number of urea groups is 1. The Bertz CT molecular complexity index is 529. The summed E-state index contributed by atoms with van der Waals surface area (Å²) in [4.78, 5) is 20.1. The zero-order chi connectivity index (χ0) is 18.2. The van der Waals surface area contributed by atoms with Crippen molar-refractivity contribution in [2.24, 2.45) is 0 Å². The largest absolute Gasteiger partial charge is 0.336 e. The van der Waals surface area contributed by atoms with Crippen molar-refractivity contribution in [2.45, 2.75) is 24.8 Å². The van der Waals surface area contributed by atoms with Gasteiger partial charge in [0.15, 0.2) is 0 Å². The highest BCUT2D eigenvalue weighted by Gasteiger charge is 2.19. The van der Waals surface area contributed by atoms with Gasteiger partial charge in [-0.1, -0.05) is 17.7 Å². The number of rotatable bonds is 7. The Balaban J connectivity index is 1.63. The molecule has 1 saturated heterocycles. The molecule has 1 atom stereocenters. The van der Waals surface area contributed by atoms with E-state index in [-0.39, 0.29) is 6.03 Å². The van der Waals surface area contributed by atoms with Crippen molar-refractivity contribution in [3.8, 4) is 0 Å². The fourth-order valence-electron chi connectivity index (χ4n) is 2.80. The topological polar surface area (TPSA) is 38.8 Å². The van der Waals surface area contributed by atoms with Crippen LogP contribution in [-0.2, 0) is 0 Å². The van der Waals surface area contributed by atoms with E-state index >= 15 is 0 Å². The maximum absolute atomic E-state index is 12.2. The lowest BCUT2D eigenvalue weighted by Gasteiger charge is -2.36. The van der Waals surface area contributed by atoms with E-state index in [1.165, 1.54) is 10.5 Å². The lowest BCUT2D eigenvalue weighted by Crippen LogP contribution is -2.52. The van der Waals surface area contributed by atoms with Crippen LogP contribution in [0.3, 0.4) is 0 Å². The lowest BCUT2D eigenvalue weighted by atomic mass is 10.2. The number of carbonyl (C=O) groups excluding carboxylic acids is 1. The van der Waals surface area contributed by atoms with Crippen molar-refractivity contribution >= 4 is 17.8 Å². The number of hydrogen-bond donors (Lipinski definition) is 1. The first-order valence-corrected chi connectivity index (χ1v) is 10.1. The molecule has 0 radical (unpaired) electrons. The molecule has 5 nitrogen and oxygen atoms in total. The van der Waals surface area contributed by atoms with Gasteiger partial charge in [-0.2, -0.15) is 0 Å². The van der Waals surface area contributed by atoms with Crippen molar-refractivity contribution in [1.82, 2.24) is 20.0 Å². The van der Waals surface area contributed by atoms with Crippen molar-refractivity contribution in [2.75, 3.05) is 59.1 Å². The summed E-state index contributed by atoms with van der Waals surface area (Å²) in [5.41, 5.74) is 1.27. The van der Waals surface area contributed by atoms with E-state index in [2.05, 4.69) is 60.3 Å². The number of aryl methyl sites for hydroxylation is 1. The van der Waals surface area contributed by atoms with E-state index in [4.69, 9.17) is 0 Å². The molecule has 6 heteroatoms. The molecule has 0 spiro atoms. The minimum atomic E-state index is 0.0190. The van der Waals surface area contributed by atoms with Crippen LogP contribution < -0.4 is 5.32 Å². The summed E-state index contributed by atoms with van der Waals surface area (Å²) in [5.74, 6) is 0.904. The van der Waals surface area contributed by atoms with Crippen LogP contribution in [0.15, 0.2) is 29.2 Å². The molecular formula is C19H32N4OS. The van der Waals surface area contributed by atoms with Gasteiger partial charge in [0.05, 0.1) is 0 Å². The number of nitrogens with one attached hydrogen (secondary N) is 1. The van der Waals surface area contributed by atoms with Crippen molar-refractivity contribution < 1.29 is 4.79 Å². The number of hydrogen-bond acceptors (Lipinski definition) is 4. The second-order valence-corrected chi connectivity index (χ2v) is 8.13. The third kappa shape index (κ3) is 6.88. The molecule has 1 aliphatic heterocycles. The van der Waals surface area contributed by atoms with Crippen molar-refractivity contribution in [1.29, 1.82) is 0 Å². The van der Waals surface area contributed by atoms with Gasteiger partial charge in [-0.15, -0.1) is 11.8 Å². The number of benzene rings is 1. The van der Waals surface area contributed by atoms with Gasteiger partial charge in [-0.25, -0.2) is 4.79 Å². The highest BCUT2D eigenvalue weighted by atomic mass is 32.2. The SMILES string of the molecule is Cc1ccc(SCCN(C)C(=O)NCC(C)N2CCN(C)CC2)cc1. The maximum atomic E-state index is 12.2. The first-order chi connectivity index (χ1) is 12.0. The molecular weight excluding hydrogens is 332 g/mol. The number of likely N-dealkylation sites (N-methyl/N-ethyl adjacent to an activating group) is 1. The van der Waals surface area contributed by atoms with Crippen LogP contribution in [-0.4, -0.2) is 85.9 Å². The Morgan fingerprint density at radius 1 is 1.24 bits per heavy atom. The predicted octanol–water partition coefficient (Wildman–Crippen LogP) is 2.36. The third-order valence-corrected chi connectivity index (χ3v) is 5.77.